The van der Waals surface area contributed by atoms with Crippen molar-refractivity contribution >= 4 is 5.96 Å². The van der Waals surface area contributed by atoms with Crippen molar-refractivity contribution in [1.82, 2.24) is 15.5 Å². The Morgan fingerprint density at radius 1 is 1.30 bits per heavy atom. The highest BCUT2D eigenvalue weighted by Crippen LogP contribution is 2.16. The van der Waals surface area contributed by atoms with Crippen molar-refractivity contribution in [3.05, 3.63) is 30.1 Å². The molecule has 0 bridgehead atoms. The van der Waals surface area contributed by atoms with Crippen molar-refractivity contribution in [1.29, 1.82) is 0 Å². The Kier molecular flexibility index (Phi) is 8.81. The zero-order valence-corrected chi connectivity index (χ0v) is 16.9. The highest BCUT2D eigenvalue weighted by atomic mass is 19.1. The number of benzene rings is 1. The Hall–Kier alpha value is -1.86. The molecule has 1 aromatic rings. The number of nitrogens with one attached hydrogen (secondary N) is 2. The Bertz CT molecular complexity index is 589. The highest BCUT2D eigenvalue weighted by Gasteiger charge is 2.21. The van der Waals surface area contributed by atoms with E-state index < -0.39 is 0 Å². The van der Waals surface area contributed by atoms with Crippen LogP contribution in [0.4, 0.5) is 4.39 Å². The number of rotatable bonds is 8. The molecule has 3 atom stereocenters. The number of para-hydroxylation sites is 1. The van der Waals surface area contributed by atoms with Crippen LogP contribution in [0.25, 0.3) is 0 Å². The number of morpholine rings is 1. The van der Waals surface area contributed by atoms with Gasteiger partial charge in [-0.3, -0.25) is 9.89 Å². The number of hydrogen-bond donors (Lipinski definition) is 2. The van der Waals surface area contributed by atoms with E-state index in [1.165, 1.54) is 6.07 Å². The van der Waals surface area contributed by atoms with Crippen LogP contribution in [0, 0.1) is 5.82 Å². The quantitative estimate of drug-likeness (QED) is 0.412. The van der Waals surface area contributed by atoms with E-state index >= 15 is 0 Å². The lowest BCUT2D eigenvalue weighted by Gasteiger charge is -2.35. The van der Waals surface area contributed by atoms with Gasteiger partial charge < -0.3 is 20.1 Å². The van der Waals surface area contributed by atoms with E-state index in [1.807, 2.05) is 6.92 Å². The third-order valence-electron chi connectivity index (χ3n) is 4.38. The van der Waals surface area contributed by atoms with Gasteiger partial charge in [0.05, 0.1) is 18.8 Å². The van der Waals surface area contributed by atoms with Crippen LogP contribution in [0.3, 0.4) is 0 Å². The number of ether oxygens (including phenoxy) is 2. The Balaban J connectivity index is 1.63. The molecule has 2 N–H and O–H groups in total. The summed E-state index contributed by atoms with van der Waals surface area (Å²) in [5.74, 6) is 0.644. The van der Waals surface area contributed by atoms with Crippen LogP contribution < -0.4 is 15.4 Å². The van der Waals surface area contributed by atoms with E-state index in [0.717, 1.165) is 38.6 Å². The van der Waals surface area contributed by atoms with E-state index in [0.29, 0.717) is 18.8 Å². The first-order chi connectivity index (χ1) is 13.0. The van der Waals surface area contributed by atoms with Gasteiger partial charge in [-0.25, -0.2) is 4.39 Å². The molecule has 1 aliphatic rings. The van der Waals surface area contributed by atoms with Gasteiger partial charge in [0.15, 0.2) is 17.5 Å². The summed E-state index contributed by atoms with van der Waals surface area (Å²) < 4.78 is 25.0. The molecule has 1 aliphatic heterocycles. The fraction of sp³-hybridized carbons (Fsp3) is 0.650. The molecule has 0 amide bonds. The molecule has 1 saturated heterocycles. The van der Waals surface area contributed by atoms with Gasteiger partial charge in [-0.2, -0.15) is 0 Å². The summed E-state index contributed by atoms with van der Waals surface area (Å²) in [6, 6.07) is 6.43. The van der Waals surface area contributed by atoms with Gasteiger partial charge in [0.25, 0.3) is 0 Å². The predicted molar refractivity (Wildman–Crippen MR) is 107 cm³/mol. The topological polar surface area (TPSA) is 58.1 Å². The van der Waals surface area contributed by atoms with Gasteiger partial charge >= 0.3 is 0 Å². The molecule has 27 heavy (non-hydrogen) atoms. The molecule has 3 unspecified atom stereocenters. The number of hydrogen-bond acceptors (Lipinski definition) is 4. The van der Waals surface area contributed by atoms with Crippen molar-refractivity contribution < 1.29 is 13.9 Å². The Morgan fingerprint density at radius 3 is 2.67 bits per heavy atom. The molecule has 0 spiro atoms. The summed E-state index contributed by atoms with van der Waals surface area (Å²) in [6.07, 6.45) is 1.44. The first-order valence-corrected chi connectivity index (χ1v) is 9.71. The van der Waals surface area contributed by atoms with Gasteiger partial charge in [-0.15, -0.1) is 0 Å². The predicted octanol–water partition coefficient (Wildman–Crippen LogP) is 2.26. The van der Waals surface area contributed by atoms with Gasteiger partial charge in [0.1, 0.15) is 6.10 Å². The van der Waals surface area contributed by atoms with Crippen LogP contribution in [0.5, 0.6) is 5.75 Å². The fourth-order valence-electron chi connectivity index (χ4n) is 3.24. The second-order valence-electron chi connectivity index (χ2n) is 7.11. The molecular weight excluding hydrogens is 347 g/mol. The maximum atomic E-state index is 13.6. The lowest BCUT2D eigenvalue weighted by Crippen LogP contribution is -2.46. The summed E-state index contributed by atoms with van der Waals surface area (Å²) in [5, 5.41) is 6.53. The lowest BCUT2D eigenvalue weighted by atomic mass is 10.2. The normalized spacial score (nSPS) is 22.3. The molecule has 0 saturated carbocycles. The maximum Gasteiger partial charge on any atom is 0.191 e. The molecule has 152 valence electrons. The second-order valence-corrected chi connectivity index (χ2v) is 7.11. The zero-order chi connectivity index (χ0) is 19.6. The SMILES string of the molecule is CN=C(NCCCN1CC(C)OC(C)C1)NCC(C)Oc1ccccc1F. The van der Waals surface area contributed by atoms with Crippen molar-refractivity contribution in [2.24, 2.45) is 4.99 Å². The van der Waals surface area contributed by atoms with Crippen LogP contribution in [0.15, 0.2) is 29.3 Å². The summed E-state index contributed by atoms with van der Waals surface area (Å²) in [5.41, 5.74) is 0. The maximum absolute atomic E-state index is 13.6. The highest BCUT2D eigenvalue weighted by molar-refractivity contribution is 5.79. The number of guanidine groups is 1. The number of nitrogens with zero attached hydrogens (tertiary/aromatic N) is 2. The summed E-state index contributed by atoms with van der Waals surface area (Å²) >= 11 is 0. The first-order valence-electron chi connectivity index (χ1n) is 9.71. The van der Waals surface area contributed by atoms with Crippen LogP contribution >= 0.6 is 0 Å². The van der Waals surface area contributed by atoms with E-state index in [2.05, 4.69) is 34.4 Å². The molecular formula is C20H33FN4O2. The minimum absolute atomic E-state index is 0.184. The van der Waals surface area contributed by atoms with Crippen LogP contribution in [0.1, 0.15) is 27.2 Å². The first kappa shape index (κ1) is 21.4. The minimum Gasteiger partial charge on any atom is -0.486 e. The molecule has 0 aromatic heterocycles. The van der Waals surface area contributed by atoms with Gasteiger partial charge in [-0.05, 0) is 39.3 Å². The van der Waals surface area contributed by atoms with Crippen LogP contribution in [-0.2, 0) is 4.74 Å². The zero-order valence-electron chi connectivity index (χ0n) is 16.9. The molecule has 1 aromatic carbocycles. The summed E-state index contributed by atoms with van der Waals surface area (Å²) in [7, 11) is 1.74. The van der Waals surface area contributed by atoms with Crippen molar-refractivity contribution in [3.8, 4) is 5.75 Å². The lowest BCUT2D eigenvalue weighted by molar-refractivity contribution is -0.0679. The minimum atomic E-state index is -0.349. The number of halogens is 1. The molecule has 6 nitrogen and oxygen atoms in total. The number of aliphatic imine (C=N–C) groups is 1. The third-order valence-corrected chi connectivity index (χ3v) is 4.38. The average Bonchev–Trinajstić information content (AvgIpc) is 2.62. The van der Waals surface area contributed by atoms with E-state index in [-0.39, 0.29) is 17.7 Å². The third kappa shape index (κ3) is 7.72. The molecule has 2 rings (SSSR count). The summed E-state index contributed by atoms with van der Waals surface area (Å²) in [6.45, 7) is 10.5. The van der Waals surface area contributed by atoms with Crippen molar-refractivity contribution in [2.45, 2.75) is 45.5 Å². The van der Waals surface area contributed by atoms with Gasteiger partial charge in [-0.1, -0.05) is 12.1 Å². The fourth-order valence-corrected chi connectivity index (χ4v) is 3.24. The largest absolute Gasteiger partial charge is 0.486 e. The van der Waals surface area contributed by atoms with E-state index in [1.54, 1.807) is 25.2 Å². The molecule has 1 fully saturated rings. The molecule has 0 aliphatic carbocycles. The van der Waals surface area contributed by atoms with Crippen LogP contribution in [0.2, 0.25) is 0 Å². The van der Waals surface area contributed by atoms with Gasteiger partial charge in [0, 0.05) is 33.2 Å². The average molecular weight is 381 g/mol. The van der Waals surface area contributed by atoms with Gasteiger partial charge in [0.2, 0.25) is 0 Å². The smallest absolute Gasteiger partial charge is 0.191 e. The second kappa shape index (κ2) is 11.1. The van der Waals surface area contributed by atoms with E-state index in [9.17, 15) is 4.39 Å². The van der Waals surface area contributed by atoms with Crippen molar-refractivity contribution in [2.75, 3.05) is 39.8 Å². The molecule has 7 heteroatoms. The Labute approximate surface area is 162 Å². The summed E-state index contributed by atoms with van der Waals surface area (Å²) in [4.78, 5) is 6.67. The Morgan fingerprint density at radius 2 is 2.00 bits per heavy atom. The monoisotopic (exact) mass is 380 g/mol. The molecule has 0 radical (unpaired) electrons. The molecule has 1 heterocycles. The van der Waals surface area contributed by atoms with E-state index in [4.69, 9.17) is 9.47 Å². The standard InChI is InChI=1S/C20H33FN4O2/c1-15(27-19-9-6-5-8-18(19)21)12-24-20(22-4)23-10-7-11-25-13-16(2)26-17(3)14-25/h5-6,8-9,15-17H,7,10-14H2,1-4H3,(H2,22,23,24). The van der Waals surface area contributed by atoms with Crippen molar-refractivity contribution in [3.63, 3.8) is 0 Å². The van der Waals surface area contributed by atoms with Crippen LogP contribution in [-0.4, -0.2) is 68.9 Å².